The molecule has 0 atom stereocenters. The summed E-state index contributed by atoms with van der Waals surface area (Å²) in [7, 11) is 0. The minimum atomic E-state index is -0.223. The van der Waals surface area contributed by atoms with E-state index < -0.39 is 0 Å². The second-order valence-electron chi connectivity index (χ2n) is 9.60. The average molecular weight is 452 g/mol. The summed E-state index contributed by atoms with van der Waals surface area (Å²) in [6, 6.07) is 15.8. The minimum absolute atomic E-state index is 0.0127. The predicted molar refractivity (Wildman–Crippen MR) is 126 cm³/mol. The van der Waals surface area contributed by atoms with Crippen LogP contribution >= 0.6 is 0 Å². The number of carbonyl (C=O) groups is 1. The van der Waals surface area contributed by atoms with E-state index in [4.69, 9.17) is 10.00 Å². The van der Waals surface area contributed by atoms with Gasteiger partial charge in [0.2, 0.25) is 0 Å². The molecule has 0 bridgehead atoms. The molecule has 0 radical (unpaired) electrons. The van der Waals surface area contributed by atoms with Crippen LogP contribution in [0.2, 0.25) is 0 Å². The van der Waals surface area contributed by atoms with Gasteiger partial charge in [-0.2, -0.15) is 10.5 Å². The third-order valence-corrected chi connectivity index (χ3v) is 6.97. The maximum Gasteiger partial charge on any atom is 0.254 e. The summed E-state index contributed by atoms with van der Waals surface area (Å²) >= 11 is 0. The topological polar surface area (TPSA) is 106 Å². The smallest absolute Gasteiger partial charge is 0.254 e. The van der Waals surface area contributed by atoms with Gasteiger partial charge in [-0.05, 0) is 55.7 Å². The molecule has 34 heavy (non-hydrogen) atoms. The molecule has 5 rings (SSSR count). The molecule has 1 amide bonds. The third kappa shape index (κ3) is 3.55. The van der Waals surface area contributed by atoms with Crippen molar-refractivity contribution < 1.29 is 9.53 Å². The van der Waals surface area contributed by atoms with Crippen LogP contribution in [0.1, 0.15) is 57.0 Å². The van der Waals surface area contributed by atoms with E-state index in [9.17, 15) is 10.1 Å². The molecule has 0 saturated carbocycles. The molecule has 7 nitrogen and oxygen atoms in total. The first-order valence-corrected chi connectivity index (χ1v) is 11.3. The van der Waals surface area contributed by atoms with E-state index >= 15 is 0 Å². The van der Waals surface area contributed by atoms with Crippen molar-refractivity contribution in [1.82, 2.24) is 14.9 Å². The first kappa shape index (κ1) is 21.9. The zero-order valence-corrected chi connectivity index (χ0v) is 19.5. The molecular formula is C27H25N5O2. The van der Waals surface area contributed by atoms with E-state index in [2.05, 4.69) is 29.0 Å². The number of amides is 1. The highest BCUT2D eigenvalue weighted by Gasteiger charge is 2.39. The van der Waals surface area contributed by atoms with E-state index in [0.29, 0.717) is 48.8 Å². The van der Waals surface area contributed by atoms with Crippen molar-refractivity contribution in [2.75, 3.05) is 26.3 Å². The molecule has 2 saturated heterocycles. The van der Waals surface area contributed by atoms with Gasteiger partial charge in [0, 0.05) is 30.1 Å². The van der Waals surface area contributed by atoms with Gasteiger partial charge in [-0.25, -0.2) is 4.98 Å². The summed E-state index contributed by atoms with van der Waals surface area (Å²) in [4.78, 5) is 23.1. The fraction of sp³-hybridized carbons (Fsp3) is 0.333. The summed E-state index contributed by atoms with van der Waals surface area (Å²) in [5, 5.41) is 18.7. The van der Waals surface area contributed by atoms with Gasteiger partial charge in [-0.1, -0.05) is 18.2 Å². The molecule has 2 aliphatic rings. The highest BCUT2D eigenvalue weighted by atomic mass is 16.5. The molecule has 2 aromatic carbocycles. The van der Waals surface area contributed by atoms with E-state index in [1.165, 1.54) is 0 Å². The van der Waals surface area contributed by atoms with Crippen molar-refractivity contribution in [2.24, 2.45) is 0 Å². The number of imidazole rings is 1. The Hall–Kier alpha value is -3.94. The van der Waals surface area contributed by atoms with Crippen LogP contribution in [0.3, 0.4) is 0 Å². The summed E-state index contributed by atoms with van der Waals surface area (Å²) in [6.45, 7) is 8.40. The van der Waals surface area contributed by atoms with Crippen molar-refractivity contribution in [3.05, 3.63) is 75.7 Å². The molecule has 3 aromatic rings. The van der Waals surface area contributed by atoms with Gasteiger partial charge < -0.3 is 14.6 Å². The first-order chi connectivity index (χ1) is 16.3. The van der Waals surface area contributed by atoms with Crippen molar-refractivity contribution in [3.8, 4) is 23.4 Å². The Morgan fingerprint density at radius 2 is 1.82 bits per heavy atom. The third-order valence-electron chi connectivity index (χ3n) is 6.97. The zero-order chi connectivity index (χ0) is 24.0. The van der Waals surface area contributed by atoms with Gasteiger partial charge in [-0.15, -0.1) is 0 Å². The molecule has 0 spiro atoms. The van der Waals surface area contributed by atoms with Crippen LogP contribution in [0.5, 0.6) is 0 Å². The molecule has 1 aromatic heterocycles. The highest BCUT2D eigenvalue weighted by molar-refractivity contribution is 5.98. The number of ether oxygens (including phenoxy) is 1. The molecule has 7 heteroatoms. The number of hydrogen-bond donors (Lipinski definition) is 1. The standard InChI is InChI=1S/C27H25N5O2/c1-16-8-17(2)22(25(33)32-12-20(13-32)19-6-4-18(10-28)5-7-19)9-21(16)24-23(11-29)30-26(31-24)27(3)14-34-15-27/h4-9,20H,12-15H2,1-3H3,(H,30,31). The van der Waals surface area contributed by atoms with Crippen LogP contribution in [0.25, 0.3) is 11.3 Å². The lowest BCUT2D eigenvalue weighted by molar-refractivity contribution is -0.0539. The zero-order valence-electron chi connectivity index (χ0n) is 19.5. The number of aromatic nitrogens is 2. The number of nitriles is 2. The molecule has 0 aliphatic carbocycles. The number of benzene rings is 2. The lowest BCUT2D eigenvalue weighted by Crippen LogP contribution is -2.48. The number of aromatic amines is 1. The Morgan fingerprint density at radius 1 is 1.12 bits per heavy atom. The van der Waals surface area contributed by atoms with Crippen molar-refractivity contribution >= 4 is 5.91 Å². The summed E-state index contributed by atoms with van der Waals surface area (Å²) < 4.78 is 5.36. The number of carbonyl (C=O) groups excluding carboxylic acids is 1. The fourth-order valence-electron chi connectivity index (χ4n) is 4.69. The normalized spacial score (nSPS) is 16.8. The van der Waals surface area contributed by atoms with Crippen molar-refractivity contribution in [1.29, 1.82) is 10.5 Å². The fourth-order valence-corrected chi connectivity index (χ4v) is 4.69. The SMILES string of the molecule is Cc1cc(C)c(-c2[nH]c(C3(C)COC3)nc2C#N)cc1C(=O)N1CC(c2ccc(C#N)cc2)C1. The van der Waals surface area contributed by atoms with Crippen molar-refractivity contribution in [3.63, 3.8) is 0 Å². The Kier molecular flexibility index (Phi) is 5.23. The lowest BCUT2D eigenvalue weighted by atomic mass is 9.88. The molecule has 2 fully saturated rings. The average Bonchev–Trinajstić information content (AvgIpc) is 3.21. The Labute approximate surface area is 198 Å². The molecule has 170 valence electrons. The number of hydrogen-bond acceptors (Lipinski definition) is 5. The van der Waals surface area contributed by atoms with Gasteiger partial charge in [0.1, 0.15) is 11.9 Å². The van der Waals surface area contributed by atoms with Gasteiger partial charge >= 0.3 is 0 Å². The Morgan fingerprint density at radius 3 is 2.41 bits per heavy atom. The van der Waals surface area contributed by atoms with Crippen LogP contribution in [-0.4, -0.2) is 47.1 Å². The number of rotatable bonds is 4. The number of nitrogens with zero attached hydrogens (tertiary/aromatic N) is 4. The number of nitrogens with one attached hydrogen (secondary N) is 1. The summed E-state index contributed by atoms with van der Waals surface area (Å²) in [5.74, 6) is 1.00. The monoisotopic (exact) mass is 451 g/mol. The molecular weight excluding hydrogens is 426 g/mol. The second kappa shape index (κ2) is 8.13. The molecule has 0 unspecified atom stereocenters. The van der Waals surface area contributed by atoms with E-state index in [-0.39, 0.29) is 17.2 Å². The lowest BCUT2D eigenvalue weighted by Gasteiger charge is -2.40. The summed E-state index contributed by atoms with van der Waals surface area (Å²) in [5.41, 5.74) is 5.88. The van der Waals surface area contributed by atoms with Gasteiger partial charge in [0.25, 0.3) is 5.91 Å². The van der Waals surface area contributed by atoms with Crippen LogP contribution in [-0.2, 0) is 10.2 Å². The van der Waals surface area contributed by atoms with Crippen LogP contribution in [0.15, 0.2) is 36.4 Å². The first-order valence-electron chi connectivity index (χ1n) is 11.3. The highest BCUT2D eigenvalue weighted by Crippen LogP contribution is 2.35. The molecule has 3 heterocycles. The number of H-pyrrole nitrogens is 1. The molecule has 2 aliphatic heterocycles. The maximum atomic E-state index is 13.4. The predicted octanol–water partition coefficient (Wildman–Crippen LogP) is 3.96. The van der Waals surface area contributed by atoms with E-state index in [1.807, 2.05) is 55.1 Å². The summed E-state index contributed by atoms with van der Waals surface area (Å²) in [6.07, 6.45) is 0. The molecule has 1 N–H and O–H groups in total. The van der Waals surface area contributed by atoms with E-state index in [1.54, 1.807) is 0 Å². The van der Waals surface area contributed by atoms with Gasteiger partial charge in [0.15, 0.2) is 5.69 Å². The maximum absolute atomic E-state index is 13.4. The number of aryl methyl sites for hydroxylation is 2. The Balaban J connectivity index is 1.41. The van der Waals surface area contributed by atoms with Gasteiger partial charge in [-0.3, -0.25) is 4.79 Å². The van der Waals surface area contributed by atoms with Crippen molar-refractivity contribution in [2.45, 2.75) is 32.1 Å². The quantitative estimate of drug-likeness (QED) is 0.646. The Bertz CT molecular complexity index is 1360. The second-order valence-corrected chi connectivity index (χ2v) is 9.60. The van der Waals surface area contributed by atoms with Gasteiger partial charge in [0.05, 0.1) is 36.0 Å². The largest absolute Gasteiger partial charge is 0.379 e. The van der Waals surface area contributed by atoms with Crippen LogP contribution in [0.4, 0.5) is 0 Å². The number of likely N-dealkylation sites (tertiary alicyclic amines) is 1. The minimum Gasteiger partial charge on any atom is -0.379 e. The van der Waals surface area contributed by atoms with E-state index in [0.717, 1.165) is 28.1 Å². The van der Waals surface area contributed by atoms with Crippen LogP contribution < -0.4 is 0 Å². The van der Waals surface area contributed by atoms with Crippen LogP contribution in [0, 0.1) is 36.5 Å².